The molecule has 0 aromatic heterocycles. The van der Waals surface area contributed by atoms with Gasteiger partial charge in [0.05, 0.1) is 5.69 Å². The third-order valence-electron chi connectivity index (χ3n) is 3.66. The van der Waals surface area contributed by atoms with Crippen LogP contribution in [0.2, 0.25) is 0 Å². The Morgan fingerprint density at radius 3 is 2.42 bits per heavy atom. The minimum absolute atomic E-state index is 0.109. The molecule has 0 bridgehead atoms. The Labute approximate surface area is 158 Å². The fourth-order valence-corrected chi connectivity index (χ4v) is 2.88. The van der Waals surface area contributed by atoms with E-state index in [4.69, 9.17) is 4.74 Å². The van der Waals surface area contributed by atoms with E-state index in [-0.39, 0.29) is 30.9 Å². The van der Waals surface area contributed by atoms with Crippen LogP contribution in [0.25, 0.3) is 0 Å². The first-order valence-corrected chi connectivity index (χ1v) is 8.62. The number of nitrogens with one attached hydrogen (secondary N) is 2. The predicted octanol–water partition coefficient (Wildman–Crippen LogP) is 2.77. The lowest BCUT2D eigenvalue weighted by Crippen LogP contribution is -2.43. The van der Waals surface area contributed by atoms with Crippen molar-refractivity contribution < 1.29 is 19.1 Å². The monoisotopic (exact) mass is 417 g/mol. The summed E-state index contributed by atoms with van der Waals surface area (Å²) >= 11 is 3.35. The molecule has 134 valence electrons. The van der Waals surface area contributed by atoms with Gasteiger partial charge in [-0.15, -0.1) is 0 Å². The highest BCUT2D eigenvalue weighted by atomic mass is 79.9. The lowest BCUT2D eigenvalue weighted by molar-refractivity contribution is -0.123. The Bertz CT molecular complexity index is 867. The molecule has 1 heterocycles. The number of amides is 3. The van der Waals surface area contributed by atoms with Gasteiger partial charge in [0.2, 0.25) is 11.8 Å². The van der Waals surface area contributed by atoms with E-state index < -0.39 is 0 Å². The zero-order valence-electron chi connectivity index (χ0n) is 13.9. The zero-order valence-corrected chi connectivity index (χ0v) is 15.5. The number of carbonyl (C=O) groups excluding carboxylic acids is 3. The maximum absolute atomic E-state index is 12.3. The molecule has 0 saturated heterocycles. The summed E-state index contributed by atoms with van der Waals surface area (Å²) in [4.78, 5) is 36.9. The quantitative estimate of drug-likeness (QED) is 0.800. The van der Waals surface area contributed by atoms with Gasteiger partial charge in [-0.2, -0.15) is 0 Å². The van der Waals surface area contributed by atoms with Gasteiger partial charge in [-0.25, -0.2) is 0 Å². The average Bonchev–Trinajstić information content (AvgIpc) is 2.59. The van der Waals surface area contributed by atoms with Crippen LogP contribution in [0.1, 0.15) is 6.92 Å². The summed E-state index contributed by atoms with van der Waals surface area (Å²) in [6.07, 6.45) is 0. The van der Waals surface area contributed by atoms with Gasteiger partial charge in [0.1, 0.15) is 12.3 Å². The average molecular weight is 418 g/mol. The van der Waals surface area contributed by atoms with Gasteiger partial charge in [-0.05, 0) is 42.5 Å². The van der Waals surface area contributed by atoms with Crippen LogP contribution in [0.15, 0.2) is 46.9 Å². The van der Waals surface area contributed by atoms with Crippen molar-refractivity contribution in [1.29, 1.82) is 0 Å². The molecule has 2 aromatic carbocycles. The number of hydrogen-bond donors (Lipinski definition) is 2. The molecule has 0 saturated carbocycles. The maximum Gasteiger partial charge on any atom is 0.265 e. The number of benzene rings is 2. The molecule has 0 radical (unpaired) electrons. The van der Waals surface area contributed by atoms with Crippen LogP contribution in [0.3, 0.4) is 0 Å². The Kier molecular flexibility index (Phi) is 5.22. The van der Waals surface area contributed by atoms with Crippen molar-refractivity contribution in [3.63, 3.8) is 0 Å². The van der Waals surface area contributed by atoms with Crippen LogP contribution in [0.4, 0.5) is 17.1 Å². The number of halogens is 1. The van der Waals surface area contributed by atoms with Crippen molar-refractivity contribution in [3.8, 4) is 5.75 Å². The number of rotatable bonds is 4. The molecule has 0 aliphatic carbocycles. The van der Waals surface area contributed by atoms with Gasteiger partial charge < -0.3 is 15.4 Å². The van der Waals surface area contributed by atoms with E-state index in [0.717, 1.165) is 4.47 Å². The second kappa shape index (κ2) is 7.57. The van der Waals surface area contributed by atoms with Crippen LogP contribution >= 0.6 is 15.9 Å². The largest absolute Gasteiger partial charge is 0.482 e. The highest BCUT2D eigenvalue weighted by Gasteiger charge is 2.27. The first-order valence-electron chi connectivity index (χ1n) is 7.82. The third kappa shape index (κ3) is 4.20. The summed E-state index contributed by atoms with van der Waals surface area (Å²) in [5, 5.41) is 5.39. The number of nitrogens with zero attached hydrogens (tertiary/aromatic N) is 1. The van der Waals surface area contributed by atoms with Crippen molar-refractivity contribution in [2.75, 3.05) is 28.7 Å². The summed E-state index contributed by atoms with van der Waals surface area (Å²) in [7, 11) is 0. The molecule has 3 rings (SSSR count). The molecular formula is C18H16BrN3O4. The van der Waals surface area contributed by atoms with E-state index in [9.17, 15) is 14.4 Å². The molecular weight excluding hydrogens is 402 g/mol. The predicted molar refractivity (Wildman–Crippen MR) is 101 cm³/mol. The number of anilines is 3. The van der Waals surface area contributed by atoms with Crippen LogP contribution in [0.5, 0.6) is 5.75 Å². The van der Waals surface area contributed by atoms with Gasteiger partial charge in [-0.1, -0.05) is 15.9 Å². The highest BCUT2D eigenvalue weighted by Crippen LogP contribution is 2.34. The van der Waals surface area contributed by atoms with Gasteiger partial charge in [0, 0.05) is 22.8 Å². The van der Waals surface area contributed by atoms with Crippen molar-refractivity contribution in [2.45, 2.75) is 6.92 Å². The molecule has 2 aromatic rings. The van der Waals surface area contributed by atoms with Crippen molar-refractivity contribution in [2.24, 2.45) is 0 Å². The van der Waals surface area contributed by atoms with Gasteiger partial charge in [0.25, 0.3) is 5.91 Å². The maximum atomic E-state index is 12.3. The lowest BCUT2D eigenvalue weighted by Gasteiger charge is -2.29. The molecule has 26 heavy (non-hydrogen) atoms. The van der Waals surface area contributed by atoms with Crippen LogP contribution in [-0.4, -0.2) is 30.9 Å². The Balaban J connectivity index is 1.68. The Morgan fingerprint density at radius 2 is 1.77 bits per heavy atom. The van der Waals surface area contributed by atoms with E-state index in [2.05, 4.69) is 26.6 Å². The van der Waals surface area contributed by atoms with Crippen LogP contribution in [0, 0.1) is 0 Å². The molecule has 2 N–H and O–H groups in total. The molecule has 1 aliphatic heterocycles. The minimum atomic E-state index is -0.332. The zero-order chi connectivity index (χ0) is 18.7. The van der Waals surface area contributed by atoms with E-state index >= 15 is 0 Å². The molecule has 0 unspecified atom stereocenters. The smallest absolute Gasteiger partial charge is 0.265 e. The van der Waals surface area contributed by atoms with Crippen molar-refractivity contribution in [1.82, 2.24) is 0 Å². The first-order chi connectivity index (χ1) is 12.4. The van der Waals surface area contributed by atoms with Crippen molar-refractivity contribution in [3.05, 3.63) is 46.9 Å². The summed E-state index contributed by atoms with van der Waals surface area (Å²) in [5.74, 6) is -0.235. The fraction of sp³-hybridized carbons (Fsp3) is 0.167. The standard InChI is InChI=1S/C18H16BrN3O4/c1-11(23)20-13-3-5-14(6-4-13)21-17(24)9-22-15-7-2-12(19)8-16(15)26-10-18(22)25/h2-8H,9-10H2,1H3,(H,20,23)(H,21,24). The number of fused-ring (bicyclic) bond motifs is 1. The van der Waals surface area contributed by atoms with Crippen molar-refractivity contribution >= 4 is 50.7 Å². The second-order valence-electron chi connectivity index (χ2n) is 5.69. The number of ether oxygens (including phenoxy) is 1. The molecule has 8 heteroatoms. The summed E-state index contributed by atoms with van der Waals surface area (Å²) < 4.78 is 6.23. The van der Waals surface area contributed by atoms with Crippen LogP contribution in [-0.2, 0) is 14.4 Å². The topological polar surface area (TPSA) is 87.7 Å². The Morgan fingerprint density at radius 1 is 1.12 bits per heavy atom. The van der Waals surface area contributed by atoms with E-state index in [1.165, 1.54) is 11.8 Å². The molecule has 0 atom stereocenters. The number of carbonyl (C=O) groups is 3. The minimum Gasteiger partial charge on any atom is -0.482 e. The SMILES string of the molecule is CC(=O)Nc1ccc(NC(=O)CN2C(=O)COc3cc(Br)ccc32)cc1. The van der Waals surface area contributed by atoms with Gasteiger partial charge in [0.15, 0.2) is 6.61 Å². The summed E-state index contributed by atoms with van der Waals surface area (Å²) in [6, 6.07) is 12.0. The van der Waals surface area contributed by atoms with E-state index in [1.807, 2.05) is 0 Å². The first kappa shape index (κ1) is 17.9. The summed E-state index contributed by atoms with van der Waals surface area (Å²) in [5.41, 5.74) is 1.76. The normalized spacial score (nSPS) is 12.8. The molecule has 1 aliphatic rings. The fourth-order valence-electron chi connectivity index (χ4n) is 2.54. The highest BCUT2D eigenvalue weighted by molar-refractivity contribution is 9.10. The molecule has 0 fully saturated rings. The Hall–Kier alpha value is -2.87. The van der Waals surface area contributed by atoms with Crippen LogP contribution < -0.4 is 20.3 Å². The second-order valence-corrected chi connectivity index (χ2v) is 6.60. The molecule has 3 amide bonds. The van der Waals surface area contributed by atoms with E-state index in [1.54, 1.807) is 42.5 Å². The van der Waals surface area contributed by atoms with Gasteiger partial charge in [-0.3, -0.25) is 19.3 Å². The number of hydrogen-bond acceptors (Lipinski definition) is 4. The van der Waals surface area contributed by atoms with E-state index in [0.29, 0.717) is 22.8 Å². The molecule has 0 spiro atoms. The third-order valence-corrected chi connectivity index (χ3v) is 4.15. The lowest BCUT2D eigenvalue weighted by atomic mass is 10.2. The molecule has 7 nitrogen and oxygen atoms in total. The van der Waals surface area contributed by atoms with Gasteiger partial charge >= 0.3 is 0 Å². The summed E-state index contributed by atoms with van der Waals surface area (Å²) in [6.45, 7) is 1.19.